The van der Waals surface area contributed by atoms with Crippen LogP contribution in [0.2, 0.25) is 0 Å². The van der Waals surface area contributed by atoms with Gasteiger partial charge in [-0.3, -0.25) is 9.19 Å². The van der Waals surface area contributed by atoms with Crippen LogP contribution in [0, 0.1) is 0 Å². The third-order valence-electron chi connectivity index (χ3n) is 5.30. The van der Waals surface area contributed by atoms with Crippen LogP contribution < -0.4 is 10.2 Å². The van der Waals surface area contributed by atoms with Crippen LogP contribution in [0.4, 0.5) is 11.8 Å². The largest absolute Gasteiger partial charge is 0.353 e. The Balaban J connectivity index is 1.49. The third kappa shape index (κ3) is 5.28. The van der Waals surface area contributed by atoms with E-state index in [1.165, 1.54) is 5.56 Å². The summed E-state index contributed by atoms with van der Waals surface area (Å²) in [6.07, 6.45) is 5.15. The second-order valence-corrected chi connectivity index (χ2v) is 10.2. The molecule has 1 fully saturated rings. The molecule has 0 atom stereocenters. The summed E-state index contributed by atoms with van der Waals surface area (Å²) in [7, 11) is -0.775. The van der Waals surface area contributed by atoms with Gasteiger partial charge in [0.15, 0.2) is 5.82 Å². The number of nitrogens with zero attached hydrogens (tertiary/aromatic N) is 6. The SMILES string of the molecule is O=S1CCN(c2nc(NCc3cccnc3)nc3c(SCc4ccccc4)ncnc23)CC1. The molecule has 3 aromatic heterocycles. The summed E-state index contributed by atoms with van der Waals surface area (Å²) < 4.78 is 11.9. The number of anilines is 2. The molecule has 5 rings (SSSR count). The van der Waals surface area contributed by atoms with Crippen molar-refractivity contribution in [1.82, 2.24) is 24.9 Å². The number of benzene rings is 1. The van der Waals surface area contributed by atoms with Crippen molar-refractivity contribution < 1.29 is 4.21 Å². The second-order valence-electron chi connectivity index (χ2n) is 7.57. The van der Waals surface area contributed by atoms with Crippen molar-refractivity contribution in [2.45, 2.75) is 17.3 Å². The standard InChI is InChI=1S/C23H23N7OS2/c31-33-11-9-30(10-12-33)21-19-20(28-23(29-21)25-14-18-7-4-8-24-13-18)22(27-16-26-19)32-15-17-5-2-1-3-6-17/h1-8,13,16H,9-12,14-15H2,(H,25,28,29). The molecule has 0 bridgehead atoms. The van der Waals surface area contributed by atoms with E-state index in [1.807, 2.05) is 36.5 Å². The number of pyridine rings is 1. The minimum absolute atomic E-state index is 0.518. The van der Waals surface area contributed by atoms with E-state index in [4.69, 9.17) is 9.97 Å². The molecular weight excluding hydrogens is 454 g/mol. The van der Waals surface area contributed by atoms with Crippen molar-refractivity contribution in [3.8, 4) is 0 Å². The maximum atomic E-state index is 11.9. The number of hydrogen-bond acceptors (Lipinski definition) is 9. The summed E-state index contributed by atoms with van der Waals surface area (Å²) in [6.45, 7) is 1.91. The van der Waals surface area contributed by atoms with Crippen LogP contribution in [-0.4, -0.2) is 53.7 Å². The van der Waals surface area contributed by atoms with E-state index in [0.717, 1.165) is 33.2 Å². The van der Waals surface area contributed by atoms with E-state index >= 15 is 0 Å². The van der Waals surface area contributed by atoms with E-state index in [0.29, 0.717) is 37.1 Å². The van der Waals surface area contributed by atoms with Crippen molar-refractivity contribution in [3.63, 3.8) is 0 Å². The smallest absolute Gasteiger partial charge is 0.225 e. The summed E-state index contributed by atoms with van der Waals surface area (Å²) >= 11 is 1.64. The maximum Gasteiger partial charge on any atom is 0.225 e. The lowest BCUT2D eigenvalue weighted by atomic mass is 10.2. The van der Waals surface area contributed by atoms with Crippen molar-refractivity contribution >= 4 is 45.4 Å². The Hall–Kier alpha value is -3.11. The highest BCUT2D eigenvalue weighted by Gasteiger charge is 2.22. The average molecular weight is 478 g/mol. The van der Waals surface area contributed by atoms with Gasteiger partial charge < -0.3 is 10.2 Å². The van der Waals surface area contributed by atoms with Crippen molar-refractivity contribution in [2.75, 3.05) is 34.8 Å². The molecule has 0 aliphatic carbocycles. The monoisotopic (exact) mass is 477 g/mol. The Labute approximate surface area is 198 Å². The lowest BCUT2D eigenvalue weighted by Gasteiger charge is -2.28. The summed E-state index contributed by atoms with van der Waals surface area (Å²) in [5, 5.41) is 4.15. The van der Waals surface area contributed by atoms with E-state index in [-0.39, 0.29) is 0 Å². The summed E-state index contributed by atoms with van der Waals surface area (Å²) in [4.78, 5) is 25.0. The molecule has 1 saturated heterocycles. The second kappa shape index (κ2) is 10.2. The quantitative estimate of drug-likeness (QED) is 0.318. The Morgan fingerprint density at radius 1 is 0.970 bits per heavy atom. The van der Waals surface area contributed by atoms with Gasteiger partial charge >= 0.3 is 0 Å². The van der Waals surface area contributed by atoms with E-state index in [1.54, 1.807) is 24.3 Å². The fourth-order valence-corrected chi connectivity index (χ4v) is 5.52. The van der Waals surface area contributed by atoms with Crippen molar-refractivity contribution in [2.24, 2.45) is 0 Å². The molecule has 1 aromatic carbocycles. The molecule has 4 aromatic rings. The van der Waals surface area contributed by atoms with Gasteiger partial charge in [0.25, 0.3) is 0 Å². The summed E-state index contributed by atoms with van der Waals surface area (Å²) in [6, 6.07) is 14.2. The average Bonchev–Trinajstić information content (AvgIpc) is 2.87. The van der Waals surface area contributed by atoms with Crippen LogP contribution in [0.1, 0.15) is 11.1 Å². The van der Waals surface area contributed by atoms with Crippen LogP contribution in [0.3, 0.4) is 0 Å². The normalized spacial score (nSPS) is 14.5. The minimum atomic E-state index is -0.775. The highest BCUT2D eigenvalue weighted by Crippen LogP contribution is 2.31. The molecule has 1 aliphatic rings. The number of hydrogen-bond donors (Lipinski definition) is 1. The molecule has 1 N–H and O–H groups in total. The first-order valence-electron chi connectivity index (χ1n) is 10.7. The van der Waals surface area contributed by atoms with E-state index in [2.05, 4.69) is 37.3 Å². The highest BCUT2D eigenvalue weighted by atomic mass is 32.2. The van der Waals surface area contributed by atoms with Crippen LogP contribution in [0.15, 0.2) is 66.2 Å². The lowest BCUT2D eigenvalue weighted by Crippen LogP contribution is -2.38. The Morgan fingerprint density at radius 3 is 2.58 bits per heavy atom. The van der Waals surface area contributed by atoms with Crippen molar-refractivity contribution in [1.29, 1.82) is 0 Å². The van der Waals surface area contributed by atoms with Gasteiger partial charge in [0.1, 0.15) is 22.4 Å². The predicted molar refractivity (Wildman–Crippen MR) is 133 cm³/mol. The molecule has 8 nitrogen and oxygen atoms in total. The summed E-state index contributed by atoms with van der Waals surface area (Å²) in [5.41, 5.74) is 3.71. The van der Waals surface area contributed by atoms with Gasteiger partial charge in [-0.15, -0.1) is 0 Å². The number of aromatic nitrogens is 5. The zero-order chi connectivity index (χ0) is 22.5. The van der Waals surface area contributed by atoms with Gasteiger partial charge in [-0.25, -0.2) is 15.0 Å². The first kappa shape index (κ1) is 21.7. The number of nitrogens with one attached hydrogen (secondary N) is 1. The molecule has 168 valence electrons. The number of thioether (sulfide) groups is 1. The van der Waals surface area contributed by atoms with E-state index < -0.39 is 10.8 Å². The molecule has 0 saturated carbocycles. The van der Waals surface area contributed by atoms with Gasteiger partial charge in [-0.2, -0.15) is 4.98 Å². The van der Waals surface area contributed by atoms with Gasteiger partial charge in [-0.05, 0) is 17.2 Å². The molecule has 33 heavy (non-hydrogen) atoms. The Kier molecular flexibility index (Phi) is 6.73. The molecule has 0 unspecified atom stereocenters. The molecule has 10 heteroatoms. The fraction of sp³-hybridized carbons (Fsp3) is 0.261. The number of fused-ring (bicyclic) bond motifs is 1. The fourth-order valence-electron chi connectivity index (χ4n) is 3.58. The summed E-state index contributed by atoms with van der Waals surface area (Å²) in [5.74, 6) is 3.32. The Bertz CT molecular complexity index is 1250. The van der Waals surface area contributed by atoms with E-state index in [9.17, 15) is 4.21 Å². The maximum absolute atomic E-state index is 11.9. The van der Waals surface area contributed by atoms with Gasteiger partial charge in [0.2, 0.25) is 5.95 Å². The number of rotatable bonds is 7. The molecular formula is C23H23N7OS2. The van der Waals surface area contributed by atoms with Crippen LogP contribution in [0.25, 0.3) is 11.0 Å². The zero-order valence-corrected chi connectivity index (χ0v) is 19.6. The first-order valence-corrected chi connectivity index (χ1v) is 13.2. The lowest BCUT2D eigenvalue weighted by molar-refractivity contribution is 0.672. The zero-order valence-electron chi connectivity index (χ0n) is 17.9. The molecule has 0 radical (unpaired) electrons. The van der Waals surface area contributed by atoms with Gasteiger partial charge in [0, 0.05) is 60.1 Å². The van der Waals surface area contributed by atoms with Gasteiger partial charge in [0.05, 0.1) is 0 Å². The van der Waals surface area contributed by atoms with Gasteiger partial charge in [-0.1, -0.05) is 48.2 Å². The third-order valence-corrected chi connectivity index (χ3v) is 7.62. The minimum Gasteiger partial charge on any atom is -0.353 e. The topological polar surface area (TPSA) is 96.8 Å². The van der Waals surface area contributed by atoms with Crippen LogP contribution in [0.5, 0.6) is 0 Å². The Morgan fingerprint density at radius 2 is 1.79 bits per heavy atom. The highest BCUT2D eigenvalue weighted by molar-refractivity contribution is 7.98. The van der Waals surface area contributed by atoms with Crippen LogP contribution >= 0.6 is 11.8 Å². The molecule has 0 amide bonds. The van der Waals surface area contributed by atoms with Crippen LogP contribution in [-0.2, 0) is 23.1 Å². The molecule has 0 spiro atoms. The molecule has 1 aliphatic heterocycles. The predicted octanol–water partition coefficient (Wildman–Crippen LogP) is 3.29. The van der Waals surface area contributed by atoms with Crippen molar-refractivity contribution in [3.05, 3.63) is 72.3 Å². The first-order chi connectivity index (χ1) is 16.3. The molecule has 4 heterocycles.